The summed E-state index contributed by atoms with van der Waals surface area (Å²) >= 11 is 0. The Bertz CT molecular complexity index is 731. The lowest BCUT2D eigenvalue weighted by Gasteiger charge is -2.05. The van der Waals surface area contributed by atoms with Crippen LogP contribution in [0.1, 0.15) is 10.5 Å². The van der Waals surface area contributed by atoms with Crippen LogP contribution in [-0.4, -0.2) is 15.5 Å². The van der Waals surface area contributed by atoms with E-state index in [1.165, 1.54) is 0 Å². The molecule has 19 heavy (non-hydrogen) atoms. The maximum Gasteiger partial charge on any atom is 0.272 e. The fraction of sp³-hybridized carbons (Fsp3) is 0.0667. The number of pyridine rings is 1. The zero-order valence-corrected chi connectivity index (χ0v) is 10.5. The summed E-state index contributed by atoms with van der Waals surface area (Å²) in [6.45, 7) is 0. The number of para-hydroxylation sites is 1. The van der Waals surface area contributed by atoms with Crippen molar-refractivity contribution in [2.24, 2.45) is 7.05 Å². The summed E-state index contributed by atoms with van der Waals surface area (Å²) < 4.78 is 1.89. The molecule has 0 bridgehead atoms. The van der Waals surface area contributed by atoms with Crippen molar-refractivity contribution in [1.29, 1.82) is 0 Å². The molecule has 0 radical (unpaired) electrons. The van der Waals surface area contributed by atoms with Crippen molar-refractivity contribution in [2.75, 3.05) is 5.32 Å². The molecule has 3 aromatic rings. The number of rotatable bonds is 2. The average molecular weight is 251 g/mol. The van der Waals surface area contributed by atoms with Crippen molar-refractivity contribution >= 4 is 22.5 Å². The van der Waals surface area contributed by atoms with Gasteiger partial charge in [0.05, 0.1) is 11.9 Å². The van der Waals surface area contributed by atoms with Crippen LogP contribution in [0.25, 0.3) is 10.9 Å². The number of amides is 1. The van der Waals surface area contributed by atoms with Crippen LogP contribution in [0, 0.1) is 0 Å². The molecule has 3 rings (SSSR count). The van der Waals surface area contributed by atoms with Crippen LogP contribution in [-0.2, 0) is 7.05 Å². The van der Waals surface area contributed by atoms with Gasteiger partial charge in [-0.05, 0) is 24.3 Å². The first kappa shape index (κ1) is 11.5. The molecule has 0 atom stereocenters. The van der Waals surface area contributed by atoms with Crippen LogP contribution in [0.3, 0.4) is 0 Å². The summed E-state index contributed by atoms with van der Waals surface area (Å²) in [6.07, 6.45) is 3.30. The normalized spacial score (nSPS) is 10.6. The quantitative estimate of drug-likeness (QED) is 0.761. The van der Waals surface area contributed by atoms with Crippen LogP contribution >= 0.6 is 0 Å². The molecule has 0 aliphatic carbocycles. The van der Waals surface area contributed by atoms with Gasteiger partial charge in [0.1, 0.15) is 5.69 Å². The molecule has 4 nitrogen and oxygen atoms in total. The van der Waals surface area contributed by atoms with Crippen LogP contribution < -0.4 is 5.32 Å². The van der Waals surface area contributed by atoms with Crippen LogP contribution in [0.15, 0.2) is 54.9 Å². The zero-order chi connectivity index (χ0) is 13.2. The predicted octanol–water partition coefficient (Wildman–Crippen LogP) is 2.83. The third-order valence-electron chi connectivity index (χ3n) is 3.10. The fourth-order valence-corrected chi connectivity index (χ4v) is 2.14. The minimum atomic E-state index is -0.133. The van der Waals surface area contributed by atoms with E-state index in [0.717, 1.165) is 10.9 Å². The average Bonchev–Trinajstić information content (AvgIpc) is 2.78. The van der Waals surface area contributed by atoms with E-state index in [1.807, 2.05) is 48.0 Å². The highest BCUT2D eigenvalue weighted by Crippen LogP contribution is 2.19. The lowest BCUT2D eigenvalue weighted by atomic mass is 10.2. The van der Waals surface area contributed by atoms with E-state index in [1.54, 1.807) is 18.5 Å². The maximum absolute atomic E-state index is 12.2. The Balaban J connectivity index is 1.96. The second kappa shape index (κ2) is 4.57. The Labute approximate surface area is 110 Å². The molecule has 1 aromatic carbocycles. The van der Waals surface area contributed by atoms with E-state index in [4.69, 9.17) is 0 Å². The van der Waals surface area contributed by atoms with E-state index >= 15 is 0 Å². The topological polar surface area (TPSA) is 46.9 Å². The SMILES string of the molecule is Cn1c(C(=O)Nc2cccnc2)cc2ccccc21. The van der Waals surface area contributed by atoms with E-state index in [0.29, 0.717) is 11.4 Å². The second-order valence-corrected chi connectivity index (χ2v) is 4.34. The van der Waals surface area contributed by atoms with Gasteiger partial charge in [-0.15, -0.1) is 0 Å². The number of nitrogens with zero attached hydrogens (tertiary/aromatic N) is 2. The van der Waals surface area contributed by atoms with Gasteiger partial charge in [-0.1, -0.05) is 18.2 Å². The number of aryl methyl sites for hydroxylation is 1. The summed E-state index contributed by atoms with van der Waals surface area (Å²) in [6, 6.07) is 13.4. The number of anilines is 1. The first-order valence-corrected chi connectivity index (χ1v) is 6.01. The number of hydrogen-bond acceptors (Lipinski definition) is 2. The first-order chi connectivity index (χ1) is 9.25. The molecule has 4 heteroatoms. The number of carbonyl (C=O) groups is 1. The van der Waals surface area contributed by atoms with Crippen molar-refractivity contribution < 1.29 is 4.79 Å². The highest BCUT2D eigenvalue weighted by molar-refractivity contribution is 6.06. The van der Waals surface area contributed by atoms with E-state index in [9.17, 15) is 4.79 Å². The summed E-state index contributed by atoms with van der Waals surface area (Å²) in [5.41, 5.74) is 2.36. The largest absolute Gasteiger partial charge is 0.340 e. The Morgan fingerprint density at radius 3 is 2.79 bits per heavy atom. The fourth-order valence-electron chi connectivity index (χ4n) is 2.14. The molecular formula is C15H13N3O. The number of aromatic nitrogens is 2. The highest BCUT2D eigenvalue weighted by Gasteiger charge is 2.12. The Kier molecular flexibility index (Phi) is 2.76. The van der Waals surface area contributed by atoms with Crippen molar-refractivity contribution in [3.8, 4) is 0 Å². The molecule has 0 aliphatic rings. The Hall–Kier alpha value is -2.62. The van der Waals surface area contributed by atoms with Gasteiger partial charge in [0.2, 0.25) is 0 Å². The van der Waals surface area contributed by atoms with Crippen LogP contribution in [0.5, 0.6) is 0 Å². The lowest BCUT2D eigenvalue weighted by molar-refractivity contribution is 0.101. The standard InChI is InChI=1S/C15H13N3O/c1-18-13-7-3-2-5-11(13)9-14(18)15(19)17-12-6-4-8-16-10-12/h2-10H,1H3,(H,17,19). The smallest absolute Gasteiger partial charge is 0.272 e. The number of benzene rings is 1. The lowest BCUT2D eigenvalue weighted by Crippen LogP contribution is -2.15. The molecule has 2 aromatic heterocycles. The molecule has 0 saturated carbocycles. The molecule has 94 valence electrons. The number of fused-ring (bicyclic) bond motifs is 1. The maximum atomic E-state index is 12.2. The van der Waals surface area contributed by atoms with Gasteiger partial charge >= 0.3 is 0 Å². The summed E-state index contributed by atoms with van der Waals surface area (Å²) in [5, 5.41) is 3.89. The van der Waals surface area contributed by atoms with Crippen molar-refractivity contribution in [3.63, 3.8) is 0 Å². The van der Waals surface area contributed by atoms with Gasteiger partial charge in [-0.2, -0.15) is 0 Å². The summed E-state index contributed by atoms with van der Waals surface area (Å²) in [4.78, 5) is 16.2. The molecule has 0 aliphatic heterocycles. The van der Waals surface area contributed by atoms with Crippen LogP contribution in [0.4, 0.5) is 5.69 Å². The van der Waals surface area contributed by atoms with Gasteiger partial charge in [-0.25, -0.2) is 0 Å². The molecule has 2 heterocycles. The van der Waals surface area contributed by atoms with E-state index < -0.39 is 0 Å². The van der Waals surface area contributed by atoms with Gasteiger partial charge in [-0.3, -0.25) is 9.78 Å². The molecule has 1 N–H and O–H groups in total. The number of nitrogens with one attached hydrogen (secondary N) is 1. The van der Waals surface area contributed by atoms with Gasteiger partial charge in [0, 0.05) is 24.1 Å². The van der Waals surface area contributed by atoms with Crippen molar-refractivity contribution in [1.82, 2.24) is 9.55 Å². The monoisotopic (exact) mass is 251 g/mol. The van der Waals surface area contributed by atoms with E-state index in [-0.39, 0.29) is 5.91 Å². The molecule has 0 unspecified atom stereocenters. The molecule has 0 saturated heterocycles. The second-order valence-electron chi connectivity index (χ2n) is 4.34. The predicted molar refractivity (Wildman–Crippen MR) is 75.1 cm³/mol. The van der Waals surface area contributed by atoms with E-state index in [2.05, 4.69) is 10.3 Å². The van der Waals surface area contributed by atoms with Crippen LogP contribution in [0.2, 0.25) is 0 Å². The number of hydrogen-bond donors (Lipinski definition) is 1. The van der Waals surface area contributed by atoms with Gasteiger partial charge in [0.25, 0.3) is 5.91 Å². The first-order valence-electron chi connectivity index (χ1n) is 6.01. The van der Waals surface area contributed by atoms with Gasteiger partial charge in [0.15, 0.2) is 0 Å². The summed E-state index contributed by atoms with van der Waals surface area (Å²) in [7, 11) is 1.89. The third kappa shape index (κ3) is 2.08. The molecular weight excluding hydrogens is 238 g/mol. The minimum absolute atomic E-state index is 0.133. The summed E-state index contributed by atoms with van der Waals surface area (Å²) in [5.74, 6) is -0.133. The number of carbonyl (C=O) groups excluding carboxylic acids is 1. The molecule has 0 fully saturated rings. The molecule has 0 spiro atoms. The zero-order valence-electron chi connectivity index (χ0n) is 10.5. The van der Waals surface area contributed by atoms with Crippen molar-refractivity contribution in [3.05, 3.63) is 60.6 Å². The highest BCUT2D eigenvalue weighted by atomic mass is 16.1. The minimum Gasteiger partial charge on any atom is -0.340 e. The van der Waals surface area contributed by atoms with Crippen molar-refractivity contribution in [2.45, 2.75) is 0 Å². The molecule has 1 amide bonds. The third-order valence-corrected chi connectivity index (χ3v) is 3.10. The Morgan fingerprint density at radius 2 is 2.05 bits per heavy atom. The Morgan fingerprint density at radius 1 is 1.21 bits per heavy atom. The van der Waals surface area contributed by atoms with Gasteiger partial charge < -0.3 is 9.88 Å².